The monoisotopic (exact) mass is 438 g/mol. The maximum absolute atomic E-state index is 12.8. The lowest BCUT2D eigenvalue weighted by Gasteiger charge is -2.27. The number of fused-ring (bicyclic) bond motifs is 1. The second-order valence-electron chi connectivity index (χ2n) is 9.40. The topological polar surface area (TPSA) is 82.1 Å². The summed E-state index contributed by atoms with van der Waals surface area (Å²) in [6.45, 7) is 7.99. The van der Waals surface area contributed by atoms with Crippen molar-refractivity contribution in [2.24, 2.45) is 0 Å². The number of rotatable bonds is 5. The molecule has 0 amide bonds. The van der Waals surface area contributed by atoms with Gasteiger partial charge in [0.2, 0.25) is 0 Å². The first-order valence-corrected chi connectivity index (χ1v) is 11.1. The number of hydrogen-bond acceptors (Lipinski definition) is 6. The van der Waals surface area contributed by atoms with E-state index in [2.05, 4.69) is 0 Å². The van der Waals surface area contributed by atoms with Crippen LogP contribution < -0.4 is 9.47 Å². The summed E-state index contributed by atoms with van der Waals surface area (Å²) in [5.74, 6) is 0.640. The molecule has 1 saturated heterocycles. The maximum atomic E-state index is 12.8. The third kappa shape index (κ3) is 4.51. The van der Waals surface area contributed by atoms with Crippen LogP contribution in [0.4, 0.5) is 0 Å². The van der Waals surface area contributed by atoms with Gasteiger partial charge in [-0.25, -0.2) is 4.79 Å². The molecule has 6 heteroatoms. The summed E-state index contributed by atoms with van der Waals surface area (Å²) in [5, 5.41) is 9.93. The smallest absolute Gasteiger partial charge is 0.343 e. The van der Waals surface area contributed by atoms with Crippen LogP contribution in [0.3, 0.4) is 0 Å². The second-order valence-corrected chi connectivity index (χ2v) is 9.40. The van der Waals surface area contributed by atoms with Gasteiger partial charge in [0.25, 0.3) is 0 Å². The summed E-state index contributed by atoms with van der Waals surface area (Å²) in [5.41, 5.74) is 3.91. The maximum Gasteiger partial charge on any atom is 0.343 e. The Morgan fingerprint density at radius 1 is 1.19 bits per heavy atom. The van der Waals surface area contributed by atoms with Crippen LogP contribution in [0.1, 0.15) is 65.7 Å². The van der Waals surface area contributed by atoms with Crippen molar-refractivity contribution in [2.75, 3.05) is 0 Å². The number of ether oxygens (including phenoxy) is 3. The molecule has 2 aliphatic heterocycles. The number of cyclic esters (lactones) is 1. The van der Waals surface area contributed by atoms with Gasteiger partial charge in [-0.15, -0.1) is 0 Å². The van der Waals surface area contributed by atoms with Gasteiger partial charge in [-0.2, -0.15) is 0 Å². The van der Waals surface area contributed by atoms with E-state index in [0.717, 1.165) is 28.0 Å². The zero-order valence-electron chi connectivity index (χ0n) is 19.1. The minimum atomic E-state index is -0.663. The highest BCUT2D eigenvalue weighted by atomic mass is 16.5. The molecule has 2 aliphatic rings. The van der Waals surface area contributed by atoms with Crippen LogP contribution in [0.5, 0.6) is 11.5 Å². The van der Waals surface area contributed by atoms with Crippen LogP contribution in [0.2, 0.25) is 0 Å². The van der Waals surface area contributed by atoms with Crippen molar-refractivity contribution in [1.82, 2.24) is 0 Å². The number of esters is 2. The van der Waals surface area contributed by atoms with Crippen molar-refractivity contribution in [1.29, 1.82) is 0 Å². The molecule has 0 spiro atoms. The molecule has 1 fully saturated rings. The van der Waals surface area contributed by atoms with Gasteiger partial charge in [-0.05, 0) is 63.8 Å². The Balaban J connectivity index is 1.66. The number of benzene rings is 2. The highest BCUT2D eigenvalue weighted by Crippen LogP contribution is 2.46. The molecule has 0 radical (unpaired) electrons. The summed E-state index contributed by atoms with van der Waals surface area (Å²) < 4.78 is 17.6. The highest BCUT2D eigenvalue weighted by Gasteiger charge is 2.36. The van der Waals surface area contributed by atoms with Crippen molar-refractivity contribution in [3.8, 4) is 11.5 Å². The van der Waals surface area contributed by atoms with Crippen LogP contribution in [-0.2, 0) is 22.4 Å². The number of aliphatic hydroxyl groups excluding tert-OH is 1. The van der Waals surface area contributed by atoms with Crippen molar-refractivity contribution < 1.29 is 28.9 Å². The summed E-state index contributed by atoms with van der Waals surface area (Å²) >= 11 is 0. The fourth-order valence-corrected chi connectivity index (χ4v) is 4.68. The van der Waals surface area contributed by atoms with E-state index in [9.17, 15) is 14.7 Å². The van der Waals surface area contributed by atoms with Crippen LogP contribution >= 0.6 is 0 Å². The Kier molecular flexibility index (Phi) is 5.99. The quantitative estimate of drug-likeness (QED) is 0.556. The van der Waals surface area contributed by atoms with Crippen LogP contribution in [0.15, 0.2) is 30.3 Å². The Morgan fingerprint density at radius 3 is 2.59 bits per heavy atom. The normalized spacial score (nSPS) is 21.5. The molecule has 32 heavy (non-hydrogen) atoms. The molecule has 0 saturated carbocycles. The summed E-state index contributed by atoms with van der Waals surface area (Å²) in [6.07, 6.45) is 1.35. The number of aliphatic hydroxyl groups is 1. The average molecular weight is 439 g/mol. The Hall–Kier alpha value is -2.86. The largest absolute Gasteiger partial charge is 0.487 e. The van der Waals surface area contributed by atoms with Gasteiger partial charge < -0.3 is 19.3 Å². The van der Waals surface area contributed by atoms with E-state index in [1.54, 1.807) is 24.3 Å². The molecule has 170 valence electrons. The lowest BCUT2D eigenvalue weighted by molar-refractivity contribution is -0.160. The second kappa shape index (κ2) is 8.58. The van der Waals surface area contributed by atoms with Gasteiger partial charge in [0, 0.05) is 24.0 Å². The zero-order valence-corrected chi connectivity index (χ0v) is 19.1. The van der Waals surface area contributed by atoms with Crippen LogP contribution in [0.25, 0.3) is 0 Å². The molecule has 1 N–H and O–H groups in total. The summed E-state index contributed by atoms with van der Waals surface area (Å²) in [4.78, 5) is 24.5. The first-order valence-electron chi connectivity index (χ1n) is 11.1. The van der Waals surface area contributed by atoms with Gasteiger partial charge in [0.15, 0.2) is 0 Å². The third-order valence-electron chi connectivity index (χ3n) is 6.27. The molecule has 2 atom stereocenters. The van der Waals surface area contributed by atoms with E-state index in [-0.39, 0.29) is 24.1 Å². The predicted octanol–water partition coefficient (Wildman–Crippen LogP) is 4.24. The van der Waals surface area contributed by atoms with Gasteiger partial charge in [0.1, 0.15) is 23.2 Å². The van der Waals surface area contributed by atoms with E-state index < -0.39 is 12.1 Å². The van der Waals surface area contributed by atoms with Gasteiger partial charge in [-0.1, -0.05) is 18.2 Å². The van der Waals surface area contributed by atoms with Crippen molar-refractivity contribution in [3.63, 3.8) is 0 Å². The van der Waals surface area contributed by atoms with E-state index >= 15 is 0 Å². The molecule has 2 aromatic carbocycles. The molecule has 2 heterocycles. The Bertz CT molecular complexity index is 1040. The molecule has 4 rings (SSSR count). The average Bonchev–Trinajstić information content (AvgIpc) is 3.06. The third-order valence-corrected chi connectivity index (χ3v) is 6.27. The first-order chi connectivity index (χ1) is 15.1. The highest BCUT2D eigenvalue weighted by molar-refractivity contribution is 5.91. The summed E-state index contributed by atoms with van der Waals surface area (Å²) in [7, 11) is 0. The number of hydrogen-bond donors (Lipinski definition) is 1. The minimum Gasteiger partial charge on any atom is -0.487 e. The van der Waals surface area contributed by atoms with Gasteiger partial charge >= 0.3 is 11.9 Å². The number of carbonyl (C=O) groups excluding carboxylic acids is 2. The van der Waals surface area contributed by atoms with Crippen LogP contribution in [0, 0.1) is 13.8 Å². The summed E-state index contributed by atoms with van der Waals surface area (Å²) in [6, 6.07) is 8.93. The van der Waals surface area contributed by atoms with Gasteiger partial charge in [0.05, 0.1) is 18.1 Å². The van der Waals surface area contributed by atoms with E-state index in [1.807, 2.05) is 33.8 Å². The lowest BCUT2D eigenvalue weighted by atomic mass is 9.90. The standard InChI is InChI=1S/C26H30O6/c1-15-20(11-10-19-12-18(27)13-22(28)30-19)24-21(14-26(3,4)32-24)16(2)23(15)31-25(29)17-8-6-5-7-9-17/h5-9,18-19,27H,10-14H2,1-4H3/t18-,19-/m1/s1. The molecular formula is C26H30O6. The minimum absolute atomic E-state index is 0.0480. The van der Waals surface area contributed by atoms with Crippen molar-refractivity contribution in [2.45, 2.75) is 77.6 Å². The van der Waals surface area contributed by atoms with Gasteiger partial charge in [-0.3, -0.25) is 4.79 Å². The first kappa shape index (κ1) is 22.3. The van der Waals surface area contributed by atoms with E-state index in [1.165, 1.54) is 0 Å². The van der Waals surface area contributed by atoms with Crippen molar-refractivity contribution in [3.05, 3.63) is 58.1 Å². The zero-order chi connectivity index (χ0) is 23.0. The fraction of sp³-hybridized carbons (Fsp3) is 0.462. The SMILES string of the molecule is Cc1c(CC[C@@H]2C[C@@H](O)CC(=O)O2)c2c(c(C)c1OC(=O)c1ccccc1)CC(C)(C)O2. The molecule has 0 aromatic heterocycles. The Labute approximate surface area is 188 Å². The van der Waals surface area contributed by atoms with Crippen molar-refractivity contribution >= 4 is 11.9 Å². The molecular weight excluding hydrogens is 408 g/mol. The molecule has 2 aromatic rings. The van der Waals surface area contributed by atoms with E-state index in [0.29, 0.717) is 37.0 Å². The lowest BCUT2D eigenvalue weighted by Crippen LogP contribution is -2.32. The molecule has 0 unspecified atom stereocenters. The Morgan fingerprint density at radius 2 is 1.91 bits per heavy atom. The molecule has 0 aliphatic carbocycles. The number of carbonyl (C=O) groups is 2. The molecule has 6 nitrogen and oxygen atoms in total. The fourth-order valence-electron chi connectivity index (χ4n) is 4.68. The molecule has 0 bridgehead atoms. The van der Waals surface area contributed by atoms with E-state index in [4.69, 9.17) is 14.2 Å². The van der Waals surface area contributed by atoms with Crippen LogP contribution in [-0.4, -0.2) is 34.9 Å². The predicted molar refractivity (Wildman–Crippen MR) is 119 cm³/mol.